The number of nitrogens with one attached hydrogen (secondary N) is 1. The van der Waals surface area contributed by atoms with Crippen LogP contribution in [-0.2, 0) is 0 Å². The molecule has 1 N–H and O–H groups in total. The van der Waals surface area contributed by atoms with E-state index in [1.54, 1.807) is 0 Å². The highest BCUT2D eigenvalue weighted by Crippen LogP contribution is 2.44. The molecule has 2 aromatic carbocycles. The lowest BCUT2D eigenvalue weighted by Gasteiger charge is -2.51. The molecule has 4 atom stereocenters. The number of hydrogen-bond donors (Lipinski definition) is 1. The highest BCUT2D eigenvalue weighted by molar-refractivity contribution is 5.83. The van der Waals surface area contributed by atoms with Crippen molar-refractivity contribution in [3.05, 3.63) is 84.6 Å². The quantitative estimate of drug-likeness (QED) is 0.391. The van der Waals surface area contributed by atoms with Crippen molar-refractivity contribution < 1.29 is 0 Å². The Bertz CT molecular complexity index is 1220. The van der Waals surface area contributed by atoms with Gasteiger partial charge in [0.15, 0.2) is 0 Å². The van der Waals surface area contributed by atoms with Gasteiger partial charge in [0, 0.05) is 41.8 Å². The monoisotopic (exact) mass is 468 g/mol. The highest BCUT2D eigenvalue weighted by atomic mass is 15.3. The number of likely N-dealkylation sites (tertiary alicyclic amines) is 2. The fourth-order valence-electron chi connectivity index (χ4n) is 6.67. The molecule has 2 fully saturated rings. The molecule has 4 heterocycles. The van der Waals surface area contributed by atoms with Gasteiger partial charge in [-0.15, -0.1) is 10.2 Å². The number of nitrogens with zero attached hydrogens (tertiary/aromatic N) is 5. The van der Waals surface area contributed by atoms with Gasteiger partial charge in [-0.3, -0.25) is 9.80 Å². The van der Waals surface area contributed by atoms with Crippen molar-refractivity contribution in [2.24, 2.45) is 0 Å². The Kier molecular flexibility index (Phi) is 6.40. The Morgan fingerprint density at radius 2 is 1.71 bits per heavy atom. The van der Waals surface area contributed by atoms with Gasteiger partial charge in [-0.25, -0.2) is 0 Å². The minimum atomic E-state index is 0.335. The maximum absolute atomic E-state index is 4.21. The number of H-pyrrole nitrogens is 1. The van der Waals surface area contributed by atoms with Crippen LogP contribution in [0, 0.1) is 0 Å². The van der Waals surface area contributed by atoms with E-state index in [1.807, 2.05) is 12.7 Å². The van der Waals surface area contributed by atoms with Crippen LogP contribution in [0.15, 0.2) is 73.4 Å². The number of benzene rings is 2. The third kappa shape index (κ3) is 4.30. The largest absolute Gasteiger partial charge is 0.361 e. The second kappa shape index (κ2) is 9.96. The number of piperidine rings is 2. The number of fused-ring (bicyclic) bond motifs is 1. The van der Waals surface area contributed by atoms with Crippen molar-refractivity contribution in [3.63, 3.8) is 0 Å². The second-order valence-corrected chi connectivity index (χ2v) is 10.2. The zero-order valence-electron chi connectivity index (χ0n) is 20.6. The third-order valence-electron chi connectivity index (χ3n) is 8.24. The summed E-state index contributed by atoms with van der Waals surface area (Å²) >= 11 is 0. The van der Waals surface area contributed by atoms with E-state index in [9.17, 15) is 0 Å². The molecular weight excluding hydrogens is 432 g/mol. The Labute approximate surface area is 208 Å². The lowest BCUT2D eigenvalue weighted by atomic mass is 9.84. The first-order valence-electron chi connectivity index (χ1n) is 13.3. The van der Waals surface area contributed by atoms with Crippen LogP contribution in [0.25, 0.3) is 10.9 Å². The molecule has 2 aliphatic heterocycles. The van der Waals surface area contributed by atoms with Gasteiger partial charge >= 0.3 is 0 Å². The second-order valence-electron chi connectivity index (χ2n) is 10.2. The van der Waals surface area contributed by atoms with Crippen molar-refractivity contribution in [1.82, 2.24) is 29.5 Å². The van der Waals surface area contributed by atoms with Gasteiger partial charge in [-0.2, -0.15) is 0 Å². The number of hydrogen-bond acceptors (Lipinski definition) is 4. The van der Waals surface area contributed by atoms with Gasteiger partial charge in [0.1, 0.15) is 12.7 Å². The van der Waals surface area contributed by atoms with Crippen LogP contribution in [0.3, 0.4) is 0 Å². The fraction of sp³-hybridized carbons (Fsp3) is 0.448. The normalized spacial score (nSPS) is 26.3. The first kappa shape index (κ1) is 22.5. The summed E-state index contributed by atoms with van der Waals surface area (Å²) in [6.45, 7) is 5.55. The third-order valence-corrected chi connectivity index (χ3v) is 8.24. The molecule has 0 aliphatic carbocycles. The molecule has 6 rings (SSSR count). The lowest BCUT2D eigenvalue weighted by molar-refractivity contribution is -0.0100. The minimum absolute atomic E-state index is 0.335. The molecule has 0 bridgehead atoms. The van der Waals surface area contributed by atoms with Crippen molar-refractivity contribution in [3.8, 4) is 0 Å². The first-order valence-corrected chi connectivity index (χ1v) is 13.3. The van der Waals surface area contributed by atoms with E-state index >= 15 is 0 Å². The van der Waals surface area contributed by atoms with E-state index in [-0.39, 0.29) is 0 Å². The maximum atomic E-state index is 4.21. The Morgan fingerprint density at radius 1 is 0.914 bits per heavy atom. The molecule has 0 spiro atoms. The molecule has 6 heteroatoms. The van der Waals surface area contributed by atoms with Crippen LogP contribution in [-0.4, -0.2) is 55.2 Å². The number of rotatable bonds is 6. The summed E-state index contributed by atoms with van der Waals surface area (Å²) in [5.41, 5.74) is 4.13. The molecule has 4 unspecified atom stereocenters. The van der Waals surface area contributed by atoms with Crippen molar-refractivity contribution in [2.45, 2.75) is 63.2 Å². The molecule has 0 amide bonds. The van der Waals surface area contributed by atoms with Crippen LogP contribution < -0.4 is 0 Å². The number of aromatic nitrogens is 4. The molecule has 0 radical (unpaired) electrons. The minimum Gasteiger partial charge on any atom is -0.361 e. The number of para-hydroxylation sites is 1. The van der Waals surface area contributed by atoms with Crippen molar-refractivity contribution >= 4 is 10.9 Å². The summed E-state index contributed by atoms with van der Waals surface area (Å²) in [5, 5.41) is 9.77. The standard InChI is InChI=1S/C29H36N6/c1-2-15-33-19-29(34-20-31-32-21-34)28(17-27(33)24-18-30-25-13-7-6-12-23(24)25)35-16-9-8-14-26(35)22-10-4-3-5-11-22/h3-7,10-13,18,20-21,26-30H,2,8-9,14-17,19H2,1H3. The lowest BCUT2D eigenvalue weighted by Crippen LogP contribution is -2.54. The van der Waals surface area contributed by atoms with E-state index in [0.717, 1.165) is 32.5 Å². The van der Waals surface area contributed by atoms with Gasteiger partial charge in [-0.05, 0) is 56.0 Å². The Balaban J connectivity index is 1.41. The summed E-state index contributed by atoms with van der Waals surface area (Å²) in [6, 6.07) is 21.5. The van der Waals surface area contributed by atoms with Gasteiger partial charge in [0.25, 0.3) is 0 Å². The van der Waals surface area contributed by atoms with E-state index in [0.29, 0.717) is 24.2 Å². The van der Waals surface area contributed by atoms with Gasteiger partial charge in [-0.1, -0.05) is 61.9 Å². The van der Waals surface area contributed by atoms with E-state index in [1.165, 1.54) is 41.3 Å². The van der Waals surface area contributed by atoms with Crippen LogP contribution >= 0.6 is 0 Å². The average molecular weight is 469 g/mol. The summed E-state index contributed by atoms with van der Waals surface area (Å²) in [4.78, 5) is 9.09. The van der Waals surface area contributed by atoms with E-state index in [4.69, 9.17) is 0 Å². The summed E-state index contributed by atoms with van der Waals surface area (Å²) in [6.07, 6.45) is 12.2. The molecule has 182 valence electrons. The molecular formula is C29H36N6. The summed E-state index contributed by atoms with van der Waals surface area (Å²) in [7, 11) is 0. The van der Waals surface area contributed by atoms with Gasteiger partial charge < -0.3 is 9.55 Å². The molecule has 0 saturated carbocycles. The molecule has 35 heavy (non-hydrogen) atoms. The summed E-state index contributed by atoms with van der Waals surface area (Å²) in [5.74, 6) is 0. The smallest absolute Gasteiger partial charge is 0.119 e. The molecule has 6 nitrogen and oxygen atoms in total. The average Bonchev–Trinajstić information content (AvgIpc) is 3.60. The molecule has 4 aromatic rings. The van der Waals surface area contributed by atoms with Gasteiger partial charge in [0.2, 0.25) is 0 Å². The van der Waals surface area contributed by atoms with Crippen LogP contribution in [0.5, 0.6) is 0 Å². The van der Waals surface area contributed by atoms with Crippen LogP contribution in [0.4, 0.5) is 0 Å². The highest BCUT2D eigenvalue weighted by Gasteiger charge is 2.43. The van der Waals surface area contributed by atoms with Crippen LogP contribution in [0.1, 0.15) is 68.3 Å². The van der Waals surface area contributed by atoms with E-state index < -0.39 is 0 Å². The van der Waals surface area contributed by atoms with Crippen molar-refractivity contribution in [2.75, 3.05) is 19.6 Å². The first-order chi connectivity index (χ1) is 17.3. The summed E-state index contributed by atoms with van der Waals surface area (Å²) < 4.78 is 2.27. The molecule has 2 aliphatic rings. The zero-order valence-corrected chi connectivity index (χ0v) is 20.6. The zero-order chi connectivity index (χ0) is 23.6. The topological polar surface area (TPSA) is 53.0 Å². The predicted octanol–water partition coefficient (Wildman–Crippen LogP) is 5.75. The fourth-order valence-corrected chi connectivity index (χ4v) is 6.67. The predicted molar refractivity (Wildman–Crippen MR) is 140 cm³/mol. The van der Waals surface area contributed by atoms with E-state index in [2.05, 4.69) is 97.3 Å². The Hall–Kier alpha value is -2.96. The molecule has 2 saturated heterocycles. The maximum Gasteiger partial charge on any atom is 0.119 e. The SMILES string of the molecule is CCCN1CC(n2cnnc2)C(N2CCCCC2c2ccccc2)CC1c1c[nH]c2ccccc12. The van der Waals surface area contributed by atoms with Gasteiger partial charge in [0.05, 0.1) is 6.04 Å². The van der Waals surface area contributed by atoms with Crippen molar-refractivity contribution in [1.29, 1.82) is 0 Å². The molecule has 2 aromatic heterocycles. The Morgan fingerprint density at radius 3 is 2.54 bits per heavy atom. The number of aromatic amines is 1. The van der Waals surface area contributed by atoms with Crippen LogP contribution in [0.2, 0.25) is 0 Å².